The minimum Gasteiger partial charge on any atom is -0.454 e. The fourth-order valence-corrected chi connectivity index (χ4v) is 1.66. The van der Waals surface area contributed by atoms with Gasteiger partial charge < -0.3 is 4.74 Å². The van der Waals surface area contributed by atoms with E-state index in [1.807, 2.05) is 19.3 Å². The Hall–Kier alpha value is -2.76. The molecule has 0 unspecified atom stereocenters. The second kappa shape index (κ2) is 4.85. The minimum atomic E-state index is 0.589. The van der Waals surface area contributed by atoms with Gasteiger partial charge in [0.1, 0.15) is 12.1 Å². The van der Waals surface area contributed by atoms with E-state index in [0.29, 0.717) is 11.5 Å². The standard InChI is InChI=1S/C13H11N5O/c1-18-8-10(5-17-18)13-4-11(2-3-16-13)19-12-6-14-9-15-7-12/h2-9H,1H3. The van der Waals surface area contributed by atoms with E-state index in [-0.39, 0.29) is 0 Å². The maximum Gasteiger partial charge on any atom is 0.163 e. The number of hydrogen-bond donors (Lipinski definition) is 0. The zero-order valence-corrected chi connectivity index (χ0v) is 10.3. The Bertz CT molecular complexity index is 680. The topological polar surface area (TPSA) is 65.7 Å². The summed E-state index contributed by atoms with van der Waals surface area (Å²) < 4.78 is 7.39. The number of pyridine rings is 1. The van der Waals surface area contributed by atoms with Crippen molar-refractivity contribution in [2.75, 3.05) is 0 Å². The molecule has 3 heterocycles. The second-order valence-corrected chi connectivity index (χ2v) is 3.96. The van der Waals surface area contributed by atoms with Crippen LogP contribution in [0.25, 0.3) is 11.3 Å². The quantitative estimate of drug-likeness (QED) is 0.714. The fourth-order valence-electron chi connectivity index (χ4n) is 1.66. The third-order valence-electron chi connectivity index (χ3n) is 2.50. The lowest BCUT2D eigenvalue weighted by molar-refractivity contribution is 0.477. The summed E-state index contributed by atoms with van der Waals surface area (Å²) in [4.78, 5) is 12.1. The molecule has 0 aliphatic carbocycles. The van der Waals surface area contributed by atoms with Crippen LogP contribution in [0.15, 0.2) is 49.4 Å². The van der Waals surface area contributed by atoms with Crippen LogP contribution in [0.4, 0.5) is 0 Å². The fraction of sp³-hybridized carbons (Fsp3) is 0.0769. The van der Waals surface area contributed by atoms with Crippen LogP contribution in [0.2, 0.25) is 0 Å². The van der Waals surface area contributed by atoms with Crippen molar-refractivity contribution >= 4 is 0 Å². The summed E-state index contributed by atoms with van der Waals surface area (Å²) in [6.07, 6.45) is 10.0. The molecule has 0 amide bonds. The molecule has 0 fully saturated rings. The second-order valence-electron chi connectivity index (χ2n) is 3.96. The Morgan fingerprint density at radius 3 is 2.68 bits per heavy atom. The van der Waals surface area contributed by atoms with Gasteiger partial charge in [0.15, 0.2) is 5.75 Å². The van der Waals surface area contributed by atoms with Gasteiger partial charge in [0.2, 0.25) is 0 Å². The van der Waals surface area contributed by atoms with Gasteiger partial charge >= 0.3 is 0 Å². The number of nitrogens with zero attached hydrogens (tertiary/aromatic N) is 5. The molecule has 3 aromatic rings. The molecule has 0 N–H and O–H groups in total. The maximum absolute atomic E-state index is 5.66. The molecule has 0 spiro atoms. The van der Waals surface area contributed by atoms with E-state index in [4.69, 9.17) is 4.74 Å². The normalized spacial score (nSPS) is 10.4. The Balaban J connectivity index is 1.88. The van der Waals surface area contributed by atoms with Crippen molar-refractivity contribution in [3.8, 4) is 22.8 Å². The lowest BCUT2D eigenvalue weighted by atomic mass is 10.2. The van der Waals surface area contributed by atoms with Crippen LogP contribution in [0.1, 0.15) is 0 Å². The first-order valence-corrected chi connectivity index (χ1v) is 5.69. The molecule has 6 heteroatoms. The third-order valence-corrected chi connectivity index (χ3v) is 2.50. The van der Waals surface area contributed by atoms with Gasteiger partial charge in [-0.2, -0.15) is 5.10 Å². The van der Waals surface area contributed by atoms with Gasteiger partial charge in [-0.05, 0) is 6.07 Å². The highest BCUT2D eigenvalue weighted by atomic mass is 16.5. The van der Waals surface area contributed by atoms with Gasteiger partial charge in [0, 0.05) is 31.1 Å². The molecule has 0 aliphatic rings. The number of aromatic nitrogens is 5. The van der Waals surface area contributed by atoms with Crippen LogP contribution in [-0.4, -0.2) is 24.7 Å². The molecular formula is C13H11N5O. The number of rotatable bonds is 3. The minimum absolute atomic E-state index is 0.589. The molecule has 0 saturated heterocycles. The zero-order valence-electron chi connectivity index (χ0n) is 10.3. The SMILES string of the molecule is Cn1cc(-c2cc(Oc3cncnc3)ccn2)cn1. The third kappa shape index (κ3) is 2.57. The molecule has 0 aromatic carbocycles. The summed E-state index contributed by atoms with van der Waals surface area (Å²) in [7, 11) is 1.87. The lowest BCUT2D eigenvalue weighted by Gasteiger charge is -2.05. The molecule has 3 rings (SSSR count). The lowest BCUT2D eigenvalue weighted by Crippen LogP contribution is -1.88. The largest absolute Gasteiger partial charge is 0.454 e. The van der Waals surface area contributed by atoms with Crippen LogP contribution >= 0.6 is 0 Å². The highest BCUT2D eigenvalue weighted by Gasteiger charge is 2.04. The first-order valence-electron chi connectivity index (χ1n) is 5.69. The summed E-state index contributed by atoms with van der Waals surface area (Å²) in [5.41, 5.74) is 1.75. The van der Waals surface area contributed by atoms with E-state index in [0.717, 1.165) is 11.3 Å². The summed E-state index contributed by atoms with van der Waals surface area (Å²) >= 11 is 0. The van der Waals surface area contributed by atoms with Crippen LogP contribution < -0.4 is 4.74 Å². The van der Waals surface area contributed by atoms with Gasteiger partial charge in [-0.1, -0.05) is 0 Å². The van der Waals surface area contributed by atoms with Crippen LogP contribution in [0.5, 0.6) is 11.5 Å². The number of hydrogen-bond acceptors (Lipinski definition) is 5. The van der Waals surface area contributed by atoms with E-state index in [1.54, 1.807) is 35.5 Å². The van der Waals surface area contributed by atoms with E-state index in [1.165, 1.54) is 6.33 Å². The molecule has 0 radical (unpaired) electrons. The number of aryl methyl sites for hydroxylation is 1. The van der Waals surface area contributed by atoms with Crippen molar-refractivity contribution in [1.29, 1.82) is 0 Å². The zero-order chi connectivity index (χ0) is 13.1. The number of ether oxygens (including phenoxy) is 1. The summed E-state index contributed by atoms with van der Waals surface area (Å²) in [5, 5.41) is 4.12. The molecule has 0 saturated carbocycles. The summed E-state index contributed by atoms with van der Waals surface area (Å²) in [6.45, 7) is 0. The average Bonchev–Trinajstić information content (AvgIpc) is 2.87. The monoisotopic (exact) mass is 253 g/mol. The molecule has 94 valence electrons. The maximum atomic E-state index is 5.66. The Labute approximate surface area is 109 Å². The van der Waals surface area contributed by atoms with Crippen molar-refractivity contribution in [3.63, 3.8) is 0 Å². The Kier molecular flexibility index (Phi) is 2.89. The Morgan fingerprint density at radius 2 is 1.95 bits per heavy atom. The molecule has 0 atom stereocenters. The smallest absolute Gasteiger partial charge is 0.163 e. The Morgan fingerprint density at radius 1 is 1.11 bits per heavy atom. The van der Waals surface area contributed by atoms with Gasteiger partial charge in [0.05, 0.1) is 24.3 Å². The van der Waals surface area contributed by atoms with E-state index in [2.05, 4.69) is 20.1 Å². The predicted molar refractivity (Wildman–Crippen MR) is 68.5 cm³/mol. The molecule has 0 bridgehead atoms. The highest BCUT2D eigenvalue weighted by molar-refractivity contribution is 5.58. The molecule has 3 aromatic heterocycles. The van der Waals surface area contributed by atoms with Crippen LogP contribution in [0, 0.1) is 0 Å². The van der Waals surface area contributed by atoms with Gasteiger partial charge in [-0.3, -0.25) is 9.67 Å². The van der Waals surface area contributed by atoms with Crippen LogP contribution in [-0.2, 0) is 7.05 Å². The van der Waals surface area contributed by atoms with E-state index < -0.39 is 0 Å². The van der Waals surface area contributed by atoms with Gasteiger partial charge in [-0.15, -0.1) is 0 Å². The van der Waals surface area contributed by atoms with E-state index in [9.17, 15) is 0 Å². The summed E-state index contributed by atoms with van der Waals surface area (Å²) in [6, 6.07) is 3.64. The van der Waals surface area contributed by atoms with Crippen molar-refractivity contribution in [2.24, 2.45) is 7.05 Å². The van der Waals surface area contributed by atoms with Gasteiger partial charge in [-0.25, -0.2) is 9.97 Å². The molecule has 19 heavy (non-hydrogen) atoms. The first-order chi connectivity index (χ1) is 9.31. The predicted octanol–water partition coefficient (Wildman–Crippen LogP) is 2.06. The van der Waals surface area contributed by atoms with Crippen molar-refractivity contribution in [1.82, 2.24) is 24.7 Å². The summed E-state index contributed by atoms with van der Waals surface area (Å²) in [5.74, 6) is 1.27. The average molecular weight is 253 g/mol. The van der Waals surface area contributed by atoms with Crippen LogP contribution in [0.3, 0.4) is 0 Å². The molecule has 0 aliphatic heterocycles. The molecule has 6 nitrogen and oxygen atoms in total. The van der Waals surface area contributed by atoms with Gasteiger partial charge in [0.25, 0.3) is 0 Å². The van der Waals surface area contributed by atoms with Crippen molar-refractivity contribution in [2.45, 2.75) is 0 Å². The van der Waals surface area contributed by atoms with E-state index >= 15 is 0 Å². The van der Waals surface area contributed by atoms with Crippen molar-refractivity contribution < 1.29 is 4.74 Å². The highest BCUT2D eigenvalue weighted by Crippen LogP contribution is 2.24. The molecular weight excluding hydrogens is 242 g/mol. The first kappa shape index (κ1) is 11.3. The van der Waals surface area contributed by atoms with Crippen molar-refractivity contribution in [3.05, 3.63) is 49.4 Å².